The summed E-state index contributed by atoms with van der Waals surface area (Å²) < 4.78 is 11.9. The average Bonchev–Trinajstić information content (AvgIpc) is 3.22. The van der Waals surface area contributed by atoms with Crippen molar-refractivity contribution in [2.75, 3.05) is 13.1 Å². The molecule has 2 saturated heterocycles. The Balaban J connectivity index is 1.61. The number of aliphatic hydroxyl groups is 3. The predicted molar refractivity (Wildman–Crippen MR) is 87.0 cm³/mol. The second-order valence-corrected chi connectivity index (χ2v) is 6.72. The summed E-state index contributed by atoms with van der Waals surface area (Å²) in [5.41, 5.74) is 0.427. The van der Waals surface area contributed by atoms with Gasteiger partial charge in [0.1, 0.15) is 30.1 Å². The van der Waals surface area contributed by atoms with Crippen LogP contribution < -0.4 is 5.32 Å². The molecule has 1 aromatic rings. The largest absolute Gasteiger partial charge is 0.442 e. The van der Waals surface area contributed by atoms with Crippen LogP contribution in [0.2, 0.25) is 0 Å². The smallest absolute Gasteiger partial charge is 0.410 e. The molecule has 1 unspecified atom stereocenters. The van der Waals surface area contributed by atoms with Crippen molar-refractivity contribution in [2.45, 2.75) is 57.1 Å². The summed E-state index contributed by atoms with van der Waals surface area (Å²) in [5, 5.41) is 40.2. The Bertz CT molecular complexity index is 698. The highest BCUT2D eigenvalue weighted by Gasteiger charge is 2.43. The van der Waals surface area contributed by atoms with E-state index < -0.39 is 42.8 Å². The van der Waals surface area contributed by atoms with Crippen molar-refractivity contribution < 1.29 is 34.4 Å². The number of carbonyl (C=O) groups excluding carboxylic acids is 2. The van der Waals surface area contributed by atoms with Crippen molar-refractivity contribution in [1.82, 2.24) is 25.2 Å². The van der Waals surface area contributed by atoms with Crippen LogP contribution in [0.4, 0.5) is 4.79 Å². The lowest BCUT2D eigenvalue weighted by molar-refractivity contribution is -0.243. The van der Waals surface area contributed by atoms with Gasteiger partial charge in [0.15, 0.2) is 6.23 Å². The standard InChI is InChI=1S/C15H23N5O7/c1-7-11(22)12(23)13(24)14(26-7)20-5-9(17-18-20)4-19-6-10(27-15(19)25)3-16-8(2)21/h5,7,10-14,22-24H,3-4,6H2,1-2H3,(H,16,21)/t7-,10?,11-,12+,13+,14+/m0/s1. The molecule has 27 heavy (non-hydrogen) atoms. The number of nitrogens with zero attached hydrogens (tertiary/aromatic N) is 4. The van der Waals surface area contributed by atoms with E-state index in [0.29, 0.717) is 5.69 Å². The number of aromatic nitrogens is 3. The van der Waals surface area contributed by atoms with E-state index in [1.807, 2.05) is 0 Å². The lowest BCUT2D eigenvalue weighted by Crippen LogP contribution is -2.54. The summed E-state index contributed by atoms with van der Waals surface area (Å²) in [4.78, 5) is 24.3. The van der Waals surface area contributed by atoms with Crippen molar-refractivity contribution >= 4 is 12.0 Å². The van der Waals surface area contributed by atoms with Gasteiger partial charge in [-0.3, -0.25) is 9.69 Å². The van der Waals surface area contributed by atoms with E-state index in [2.05, 4.69) is 15.6 Å². The Kier molecular flexibility index (Phi) is 5.60. The van der Waals surface area contributed by atoms with Crippen molar-refractivity contribution in [2.24, 2.45) is 0 Å². The minimum absolute atomic E-state index is 0.124. The first-order chi connectivity index (χ1) is 12.8. The molecular formula is C15H23N5O7. The molecule has 6 atom stereocenters. The predicted octanol–water partition coefficient (Wildman–Crippen LogP) is -2.26. The van der Waals surface area contributed by atoms with E-state index >= 15 is 0 Å². The summed E-state index contributed by atoms with van der Waals surface area (Å²) in [6, 6.07) is 0. The Morgan fingerprint density at radius 3 is 2.78 bits per heavy atom. The van der Waals surface area contributed by atoms with Gasteiger partial charge in [-0.2, -0.15) is 0 Å². The molecule has 150 valence electrons. The minimum atomic E-state index is -1.38. The molecule has 0 bridgehead atoms. The molecule has 0 radical (unpaired) electrons. The van der Waals surface area contributed by atoms with Gasteiger partial charge in [-0.15, -0.1) is 5.10 Å². The van der Waals surface area contributed by atoms with Crippen LogP contribution in [0.25, 0.3) is 0 Å². The molecule has 2 aliphatic rings. The highest BCUT2D eigenvalue weighted by atomic mass is 16.6. The van der Waals surface area contributed by atoms with Crippen molar-refractivity contribution in [3.8, 4) is 0 Å². The molecule has 12 nitrogen and oxygen atoms in total. The summed E-state index contributed by atoms with van der Waals surface area (Å²) in [6.07, 6.45) is -5.18. The summed E-state index contributed by atoms with van der Waals surface area (Å²) in [5.74, 6) is -0.208. The maximum atomic E-state index is 11.9. The van der Waals surface area contributed by atoms with Gasteiger partial charge in [0.2, 0.25) is 5.91 Å². The van der Waals surface area contributed by atoms with Crippen LogP contribution in [-0.2, 0) is 20.8 Å². The topological polar surface area (TPSA) is 159 Å². The quantitative estimate of drug-likeness (QED) is 0.438. The lowest BCUT2D eigenvalue weighted by Gasteiger charge is -2.38. The monoisotopic (exact) mass is 385 g/mol. The highest BCUT2D eigenvalue weighted by Crippen LogP contribution is 2.27. The molecular weight excluding hydrogens is 362 g/mol. The third-order valence-corrected chi connectivity index (χ3v) is 4.53. The second kappa shape index (κ2) is 7.76. The number of carbonyl (C=O) groups is 2. The molecule has 0 aliphatic carbocycles. The molecule has 1 aromatic heterocycles. The van der Waals surface area contributed by atoms with Crippen molar-refractivity contribution in [3.63, 3.8) is 0 Å². The summed E-state index contributed by atoms with van der Waals surface area (Å²) in [6.45, 7) is 3.59. The average molecular weight is 385 g/mol. The maximum absolute atomic E-state index is 11.9. The van der Waals surface area contributed by atoms with Gasteiger partial charge in [-0.1, -0.05) is 5.21 Å². The van der Waals surface area contributed by atoms with Gasteiger partial charge in [-0.05, 0) is 6.92 Å². The number of cyclic esters (lactones) is 1. The number of rotatable bonds is 5. The first kappa shape index (κ1) is 19.5. The van der Waals surface area contributed by atoms with Gasteiger partial charge in [0, 0.05) is 6.92 Å². The van der Waals surface area contributed by atoms with Crippen LogP contribution in [0.1, 0.15) is 25.8 Å². The van der Waals surface area contributed by atoms with Crippen LogP contribution in [0.5, 0.6) is 0 Å². The highest BCUT2D eigenvalue weighted by molar-refractivity contribution is 5.73. The maximum Gasteiger partial charge on any atom is 0.410 e. The second-order valence-electron chi connectivity index (χ2n) is 6.72. The normalized spacial score (nSPS) is 33.8. The molecule has 0 aromatic carbocycles. The van der Waals surface area contributed by atoms with Crippen LogP contribution in [0.15, 0.2) is 6.20 Å². The van der Waals surface area contributed by atoms with Crippen LogP contribution in [0, 0.1) is 0 Å². The number of amides is 2. The van der Waals surface area contributed by atoms with E-state index in [0.717, 1.165) is 0 Å². The molecule has 4 N–H and O–H groups in total. The lowest BCUT2D eigenvalue weighted by atomic mass is 9.99. The third kappa shape index (κ3) is 4.18. The van der Waals surface area contributed by atoms with Gasteiger partial charge in [0.05, 0.1) is 31.9 Å². The Morgan fingerprint density at radius 1 is 1.33 bits per heavy atom. The van der Waals surface area contributed by atoms with Crippen molar-refractivity contribution in [1.29, 1.82) is 0 Å². The number of hydrogen-bond acceptors (Lipinski definition) is 9. The molecule has 12 heteroatoms. The molecule has 2 fully saturated rings. The van der Waals surface area contributed by atoms with Crippen LogP contribution in [-0.4, -0.2) is 90.8 Å². The molecule has 2 amide bonds. The molecule has 0 saturated carbocycles. The van der Waals surface area contributed by atoms with E-state index in [9.17, 15) is 24.9 Å². The zero-order chi connectivity index (χ0) is 19.7. The third-order valence-electron chi connectivity index (χ3n) is 4.53. The van der Waals surface area contributed by atoms with Crippen molar-refractivity contribution in [3.05, 3.63) is 11.9 Å². The first-order valence-corrected chi connectivity index (χ1v) is 8.56. The fourth-order valence-electron chi connectivity index (χ4n) is 3.02. The summed E-state index contributed by atoms with van der Waals surface area (Å²) >= 11 is 0. The van der Waals surface area contributed by atoms with Gasteiger partial charge in [0.25, 0.3) is 0 Å². The fourth-order valence-corrected chi connectivity index (χ4v) is 3.02. The molecule has 2 aliphatic heterocycles. The zero-order valence-corrected chi connectivity index (χ0v) is 14.9. The Morgan fingerprint density at radius 2 is 2.07 bits per heavy atom. The molecule has 3 heterocycles. The van der Waals surface area contributed by atoms with Crippen LogP contribution in [0.3, 0.4) is 0 Å². The first-order valence-electron chi connectivity index (χ1n) is 8.56. The van der Waals surface area contributed by atoms with E-state index in [4.69, 9.17) is 9.47 Å². The SMILES string of the molecule is CC(=O)NCC1CN(Cc2cn([C@@H]3O[C@@H](C)[C@H](O)[C@@H](O)[C@H]3O)nn2)C(=O)O1. The number of ether oxygens (including phenoxy) is 2. The van der Waals surface area contributed by atoms with E-state index in [-0.39, 0.29) is 25.5 Å². The van der Waals surface area contributed by atoms with E-state index in [1.165, 1.54) is 22.7 Å². The zero-order valence-electron chi connectivity index (χ0n) is 14.9. The van der Waals surface area contributed by atoms with Crippen LogP contribution >= 0.6 is 0 Å². The van der Waals surface area contributed by atoms with Gasteiger partial charge in [-0.25, -0.2) is 9.48 Å². The van der Waals surface area contributed by atoms with Gasteiger partial charge < -0.3 is 30.1 Å². The Labute approximate surface area is 154 Å². The van der Waals surface area contributed by atoms with Gasteiger partial charge >= 0.3 is 6.09 Å². The summed E-state index contributed by atoms with van der Waals surface area (Å²) in [7, 11) is 0. The molecule has 3 rings (SSSR count). The number of nitrogens with one attached hydrogen (secondary N) is 1. The number of hydrogen-bond donors (Lipinski definition) is 4. The fraction of sp³-hybridized carbons (Fsp3) is 0.733. The Hall–Kier alpha value is -2.28. The number of aliphatic hydroxyl groups excluding tert-OH is 3. The van der Waals surface area contributed by atoms with E-state index in [1.54, 1.807) is 6.92 Å². The molecule has 0 spiro atoms. The minimum Gasteiger partial charge on any atom is -0.442 e.